The van der Waals surface area contributed by atoms with Crippen molar-refractivity contribution in [3.05, 3.63) is 72.1 Å². The molecule has 1 aliphatic rings. The summed E-state index contributed by atoms with van der Waals surface area (Å²) in [6.45, 7) is 5.47. The van der Waals surface area contributed by atoms with Gasteiger partial charge in [0, 0.05) is 57.9 Å². The van der Waals surface area contributed by atoms with Crippen molar-refractivity contribution in [1.82, 2.24) is 30.5 Å². The van der Waals surface area contributed by atoms with E-state index in [1.807, 2.05) is 12.1 Å². The Morgan fingerprint density at radius 1 is 1.12 bits per heavy atom. The van der Waals surface area contributed by atoms with Crippen LogP contribution in [0.3, 0.4) is 0 Å². The molecular formula is C24H27FN6O2. The highest BCUT2D eigenvalue weighted by molar-refractivity contribution is 5.78. The van der Waals surface area contributed by atoms with Gasteiger partial charge in [0.15, 0.2) is 0 Å². The number of aromatic nitrogens is 3. The average Bonchev–Trinajstić information content (AvgIpc) is 2.85. The summed E-state index contributed by atoms with van der Waals surface area (Å²) >= 11 is 0. The minimum absolute atomic E-state index is 0.0355. The predicted octanol–water partition coefficient (Wildman–Crippen LogP) is 1.82. The molecule has 172 valence electrons. The van der Waals surface area contributed by atoms with E-state index in [0.717, 1.165) is 43.9 Å². The number of carbonyl (C=O) groups is 1. The summed E-state index contributed by atoms with van der Waals surface area (Å²) in [6.07, 6.45) is 5.07. The molecule has 2 aromatic heterocycles. The van der Waals surface area contributed by atoms with Gasteiger partial charge in [-0.1, -0.05) is 30.3 Å². The quantitative estimate of drug-likeness (QED) is 0.481. The second-order valence-corrected chi connectivity index (χ2v) is 7.81. The molecule has 0 atom stereocenters. The number of pyridine rings is 1. The molecule has 3 aromatic rings. The predicted molar refractivity (Wildman–Crippen MR) is 122 cm³/mol. The fourth-order valence-corrected chi connectivity index (χ4v) is 3.56. The largest absolute Gasteiger partial charge is 0.462 e. The van der Waals surface area contributed by atoms with Crippen LogP contribution in [0.2, 0.25) is 0 Å². The van der Waals surface area contributed by atoms with Crippen LogP contribution in [-0.2, 0) is 17.8 Å². The van der Waals surface area contributed by atoms with E-state index in [-0.39, 0.29) is 23.9 Å². The Bertz CT molecular complexity index is 1040. The molecule has 0 saturated carbocycles. The first-order chi connectivity index (χ1) is 16.2. The van der Waals surface area contributed by atoms with Crippen LogP contribution in [0.25, 0.3) is 11.1 Å². The molecule has 4 rings (SSSR count). The molecule has 1 fully saturated rings. The molecule has 0 unspecified atom stereocenters. The molecule has 1 amide bonds. The number of hydrogen-bond donors (Lipinski definition) is 2. The molecule has 33 heavy (non-hydrogen) atoms. The van der Waals surface area contributed by atoms with E-state index in [9.17, 15) is 9.18 Å². The maximum absolute atomic E-state index is 14.6. The smallest absolute Gasteiger partial charge is 0.319 e. The maximum Gasteiger partial charge on any atom is 0.319 e. The van der Waals surface area contributed by atoms with E-state index in [1.54, 1.807) is 36.7 Å². The maximum atomic E-state index is 14.6. The fourth-order valence-electron chi connectivity index (χ4n) is 3.56. The lowest BCUT2D eigenvalue weighted by atomic mass is 10.0. The summed E-state index contributed by atoms with van der Waals surface area (Å²) in [4.78, 5) is 26.5. The van der Waals surface area contributed by atoms with Crippen molar-refractivity contribution in [1.29, 1.82) is 0 Å². The minimum Gasteiger partial charge on any atom is -0.462 e. The number of amides is 1. The van der Waals surface area contributed by atoms with Crippen molar-refractivity contribution >= 4 is 5.91 Å². The molecule has 1 saturated heterocycles. The van der Waals surface area contributed by atoms with Crippen LogP contribution in [0.15, 0.2) is 55.0 Å². The Kier molecular flexibility index (Phi) is 7.89. The van der Waals surface area contributed by atoms with E-state index in [4.69, 9.17) is 4.74 Å². The van der Waals surface area contributed by atoms with Crippen molar-refractivity contribution in [2.45, 2.75) is 13.0 Å². The average molecular weight is 451 g/mol. The lowest BCUT2D eigenvalue weighted by molar-refractivity contribution is -0.120. The Morgan fingerprint density at radius 2 is 1.94 bits per heavy atom. The monoisotopic (exact) mass is 450 g/mol. The second-order valence-electron chi connectivity index (χ2n) is 7.81. The number of ether oxygens (including phenoxy) is 1. The lowest BCUT2D eigenvalue weighted by Gasteiger charge is -2.26. The third-order valence-electron chi connectivity index (χ3n) is 5.41. The van der Waals surface area contributed by atoms with E-state index in [2.05, 4.69) is 30.5 Å². The number of rotatable bonds is 9. The molecule has 8 nitrogen and oxygen atoms in total. The van der Waals surface area contributed by atoms with E-state index >= 15 is 0 Å². The van der Waals surface area contributed by atoms with Crippen LogP contribution in [0, 0.1) is 5.95 Å². The number of benzene rings is 1. The van der Waals surface area contributed by atoms with Gasteiger partial charge in [0.05, 0.1) is 12.0 Å². The molecular weight excluding hydrogens is 423 g/mol. The van der Waals surface area contributed by atoms with Crippen LogP contribution in [0.5, 0.6) is 6.01 Å². The van der Waals surface area contributed by atoms with Crippen molar-refractivity contribution in [2.24, 2.45) is 0 Å². The Morgan fingerprint density at radius 3 is 2.67 bits per heavy atom. The SMILES string of the molecule is O=C(Cc1ccc(-c2cnc(OCCN3CCNCC3)nc2F)cc1)NCc1cccnc1. The molecule has 0 radical (unpaired) electrons. The van der Waals surface area contributed by atoms with Gasteiger partial charge in [0.1, 0.15) is 6.61 Å². The highest BCUT2D eigenvalue weighted by Gasteiger charge is 2.13. The van der Waals surface area contributed by atoms with Gasteiger partial charge in [-0.3, -0.25) is 14.7 Å². The molecule has 1 aromatic carbocycles. The van der Waals surface area contributed by atoms with Crippen LogP contribution in [-0.4, -0.2) is 65.1 Å². The summed E-state index contributed by atoms with van der Waals surface area (Å²) in [5.74, 6) is -0.729. The second kappa shape index (κ2) is 11.4. The first-order valence-corrected chi connectivity index (χ1v) is 11.0. The summed E-state index contributed by atoms with van der Waals surface area (Å²) in [6, 6.07) is 10.9. The number of nitrogens with zero attached hydrogens (tertiary/aromatic N) is 4. The van der Waals surface area contributed by atoms with Gasteiger partial charge in [-0.2, -0.15) is 9.37 Å². The Hall–Kier alpha value is -3.43. The van der Waals surface area contributed by atoms with Gasteiger partial charge in [-0.25, -0.2) is 4.98 Å². The molecule has 2 N–H and O–H groups in total. The number of hydrogen-bond acceptors (Lipinski definition) is 7. The van der Waals surface area contributed by atoms with Gasteiger partial charge in [-0.15, -0.1) is 0 Å². The summed E-state index contributed by atoms with van der Waals surface area (Å²) in [5.41, 5.74) is 2.70. The third kappa shape index (κ3) is 6.77. The minimum atomic E-state index is -0.635. The molecule has 1 aliphatic heterocycles. The standard InChI is InChI=1S/C24H27FN6O2/c25-23-21(17-29-24(30-23)33-13-12-31-10-8-26-9-11-31)20-5-3-18(4-6-20)14-22(32)28-16-19-2-1-7-27-15-19/h1-7,15,17,26H,8-14,16H2,(H,28,32). The third-order valence-corrected chi connectivity index (χ3v) is 5.41. The molecule has 0 bridgehead atoms. The van der Waals surface area contributed by atoms with Crippen molar-refractivity contribution in [3.8, 4) is 17.1 Å². The first kappa shape index (κ1) is 22.8. The zero-order chi connectivity index (χ0) is 22.9. The molecule has 0 aliphatic carbocycles. The van der Waals surface area contributed by atoms with Gasteiger partial charge in [-0.05, 0) is 22.8 Å². The molecule has 0 spiro atoms. The number of nitrogens with one attached hydrogen (secondary N) is 2. The summed E-state index contributed by atoms with van der Waals surface area (Å²) in [5, 5.41) is 6.17. The van der Waals surface area contributed by atoms with Crippen LogP contribution in [0.4, 0.5) is 4.39 Å². The highest BCUT2D eigenvalue weighted by atomic mass is 19.1. The summed E-state index contributed by atoms with van der Waals surface area (Å²) < 4.78 is 20.1. The number of carbonyl (C=O) groups excluding carboxylic acids is 1. The Balaban J connectivity index is 1.28. The van der Waals surface area contributed by atoms with Gasteiger partial charge < -0.3 is 15.4 Å². The number of piperazine rings is 1. The highest BCUT2D eigenvalue weighted by Crippen LogP contribution is 2.22. The fraction of sp³-hybridized carbons (Fsp3) is 0.333. The van der Waals surface area contributed by atoms with Crippen molar-refractivity contribution in [2.75, 3.05) is 39.3 Å². The summed E-state index contributed by atoms with van der Waals surface area (Å²) in [7, 11) is 0. The molecule has 9 heteroatoms. The Labute approximate surface area is 192 Å². The molecule has 3 heterocycles. The van der Waals surface area contributed by atoms with Gasteiger partial charge in [0.2, 0.25) is 11.9 Å². The van der Waals surface area contributed by atoms with Crippen LogP contribution >= 0.6 is 0 Å². The van der Waals surface area contributed by atoms with E-state index < -0.39 is 5.95 Å². The zero-order valence-corrected chi connectivity index (χ0v) is 18.3. The normalized spacial score (nSPS) is 14.1. The van der Waals surface area contributed by atoms with Crippen LogP contribution < -0.4 is 15.4 Å². The van der Waals surface area contributed by atoms with E-state index in [1.165, 1.54) is 6.20 Å². The number of halogens is 1. The zero-order valence-electron chi connectivity index (χ0n) is 18.3. The van der Waals surface area contributed by atoms with Gasteiger partial charge >= 0.3 is 6.01 Å². The van der Waals surface area contributed by atoms with Crippen molar-refractivity contribution < 1.29 is 13.9 Å². The van der Waals surface area contributed by atoms with Crippen molar-refractivity contribution in [3.63, 3.8) is 0 Å². The first-order valence-electron chi connectivity index (χ1n) is 11.0. The van der Waals surface area contributed by atoms with Crippen LogP contribution in [0.1, 0.15) is 11.1 Å². The van der Waals surface area contributed by atoms with E-state index in [0.29, 0.717) is 18.7 Å². The topological polar surface area (TPSA) is 92.3 Å². The lowest BCUT2D eigenvalue weighted by Crippen LogP contribution is -2.44. The van der Waals surface area contributed by atoms with Gasteiger partial charge in [0.25, 0.3) is 0 Å².